The third-order valence-corrected chi connectivity index (χ3v) is 16.2. The van der Waals surface area contributed by atoms with Crippen LogP contribution >= 0.6 is 0 Å². The fourth-order valence-electron chi connectivity index (χ4n) is 9.96. The minimum atomic E-state index is -3.98. The van der Waals surface area contributed by atoms with Gasteiger partial charge in [0, 0.05) is 22.9 Å². The number of pyridine rings is 1. The molecule has 5 fully saturated rings. The summed E-state index contributed by atoms with van der Waals surface area (Å²) in [5, 5.41) is 14.6. The van der Waals surface area contributed by atoms with Gasteiger partial charge in [-0.1, -0.05) is 32.1 Å². The van der Waals surface area contributed by atoms with E-state index in [0.717, 1.165) is 48.6 Å². The van der Waals surface area contributed by atoms with Crippen LogP contribution in [0.3, 0.4) is 0 Å². The topological polar surface area (TPSA) is 185 Å². The third kappa shape index (κ3) is 6.54. The van der Waals surface area contributed by atoms with E-state index in [-0.39, 0.29) is 18.9 Å². The van der Waals surface area contributed by atoms with Gasteiger partial charge in [-0.15, -0.1) is 0 Å². The molecule has 3 N–H and O–H groups in total. The van der Waals surface area contributed by atoms with Crippen molar-refractivity contribution in [2.24, 2.45) is 5.92 Å². The largest absolute Gasteiger partial charge is 0.497 e. The Labute approximate surface area is 328 Å². The zero-order valence-corrected chi connectivity index (χ0v) is 33.8. The van der Waals surface area contributed by atoms with Crippen LogP contribution in [0, 0.1) is 12.8 Å². The van der Waals surface area contributed by atoms with Crippen molar-refractivity contribution in [3.8, 4) is 11.5 Å². The van der Waals surface area contributed by atoms with E-state index in [1.165, 1.54) is 9.80 Å². The highest BCUT2D eigenvalue weighted by Crippen LogP contribution is 2.51. The fraction of sp³-hybridized carbons (Fsp3) is 0.683. The van der Waals surface area contributed by atoms with Gasteiger partial charge in [0.05, 0.1) is 29.6 Å². The Morgan fingerprint density at radius 2 is 1.73 bits per heavy atom. The number of carbonyl (C=O) groups excluding carboxylic acids is 3. The Kier molecular flexibility index (Phi) is 9.51. The quantitative estimate of drug-likeness (QED) is 0.355. The van der Waals surface area contributed by atoms with Crippen LogP contribution in [0.1, 0.15) is 121 Å². The minimum absolute atomic E-state index is 0.0367. The minimum Gasteiger partial charge on any atom is -0.497 e. The number of carboxylic acid groups (broad SMARTS) is 1. The van der Waals surface area contributed by atoms with E-state index in [1.54, 1.807) is 14.0 Å². The number of aryl methyl sites for hydroxylation is 2. The van der Waals surface area contributed by atoms with Crippen molar-refractivity contribution < 1.29 is 42.2 Å². The van der Waals surface area contributed by atoms with Gasteiger partial charge in [-0.2, -0.15) is 0 Å². The summed E-state index contributed by atoms with van der Waals surface area (Å²) >= 11 is 0. The first-order chi connectivity index (χ1) is 26.5. The van der Waals surface area contributed by atoms with Gasteiger partial charge in [0.15, 0.2) is 0 Å². The second-order valence-corrected chi connectivity index (χ2v) is 20.2. The Balaban J connectivity index is 1.17. The summed E-state index contributed by atoms with van der Waals surface area (Å²) in [5.41, 5.74) is -0.709. The molecule has 0 radical (unpaired) electrons. The highest BCUT2D eigenvalue weighted by atomic mass is 32.2. The maximum absolute atomic E-state index is 15.1. The molecule has 1 aromatic carbocycles. The number of carbonyl (C=O) groups is 4. The monoisotopic (exact) mass is 793 g/mol. The molecule has 0 bridgehead atoms. The highest BCUT2D eigenvalue weighted by molar-refractivity contribution is 7.91. The average Bonchev–Trinajstić information content (AvgIpc) is 4.04. The van der Waals surface area contributed by atoms with E-state index >= 15 is 4.79 Å². The molecule has 3 aliphatic heterocycles. The Morgan fingerprint density at radius 3 is 2.39 bits per heavy atom. The summed E-state index contributed by atoms with van der Waals surface area (Å²) in [7, 11) is -2.37. The highest BCUT2D eigenvalue weighted by Gasteiger charge is 2.64. The molecule has 4 amide bonds. The molecule has 2 saturated heterocycles. The number of rotatable bonds is 6. The molecular formula is C41H55N5O9S. The summed E-state index contributed by atoms with van der Waals surface area (Å²) < 4.78 is 40.3. The molecular weight excluding hydrogens is 739 g/mol. The first kappa shape index (κ1) is 38.7. The van der Waals surface area contributed by atoms with Crippen molar-refractivity contribution >= 4 is 44.7 Å². The van der Waals surface area contributed by atoms with Gasteiger partial charge in [0.1, 0.15) is 34.7 Å². The van der Waals surface area contributed by atoms with E-state index in [4.69, 9.17) is 14.5 Å². The molecule has 0 unspecified atom stereocenters. The zero-order chi connectivity index (χ0) is 39.8. The molecule has 1 aromatic heterocycles. The predicted octanol–water partition coefficient (Wildman–Crippen LogP) is 5.13. The number of hydrogen-bond donors (Lipinski definition) is 3. The molecule has 4 heterocycles. The Hall–Kier alpha value is -4.14. The number of nitrogens with zero attached hydrogens (tertiary/aromatic N) is 3. The maximum atomic E-state index is 15.1. The number of sulfonamides is 1. The fourth-order valence-corrected chi connectivity index (χ4v) is 11.3. The van der Waals surface area contributed by atoms with Gasteiger partial charge in [-0.3, -0.25) is 24.0 Å². The first-order valence-corrected chi connectivity index (χ1v) is 21.9. The van der Waals surface area contributed by atoms with Crippen molar-refractivity contribution in [2.45, 2.75) is 157 Å². The second kappa shape index (κ2) is 13.8. The van der Waals surface area contributed by atoms with E-state index in [1.807, 2.05) is 32.0 Å². The first-order valence-electron chi connectivity index (χ1n) is 20.4. The number of fused-ring (bicyclic) bond motifs is 5. The SMILES string of the molecule is COc1ccc2nc(C)c3c(c2c1)CC[C@]1(C[C@H]2C(=O)N[C@]4(C(=O)NS(=O)(=O)C5(C)CC5)C[C@@H]4CCCCCCC[C@H](N(C(=O)O)C4(C)CCC4)C(=O)N2C1)O3. The van der Waals surface area contributed by atoms with Crippen molar-refractivity contribution in [3.05, 3.63) is 29.5 Å². The molecule has 2 aromatic rings. The Morgan fingerprint density at radius 1 is 1.02 bits per heavy atom. The predicted molar refractivity (Wildman–Crippen MR) is 207 cm³/mol. The Bertz CT molecular complexity index is 2080. The molecule has 3 aliphatic carbocycles. The van der Waals surface area contributed by atoms with Gasteiger partial charge in [0.2, 0.25) is 21.8 Å². The van der Waals surface area contributed by atoms with Crippen LogP contribution in [0.4, 0.5) is 4.79 Å². The molecule has 5 atom stereocenters. The summed E-state index contributed by atoms with van der Waals surface area (Å²) in [6, 6.07) is 3.59. The lowest BCUT2D eigenvalue weighted by molar-refractivity contribution is -0.146. The van der Waals surface area contributed by atoms with E-state index in [0.29, 0.717) is 81.4 Å². The van der Waals surface area contributed by atoms with Gasteiger partial charge < -0.3 is 24.8 Å². The van der Waals surface area contributed by atoms with Crippen LogP contribution < -0.4 is 19.5 Å². The van der Waals surface area contributed by atoms with Crippen LogP contribution in [-0.2, 0) is 30.8 Å². The van der Waals surface area contributed by atoms with Crippen LogP contribution in [-0.4, -0.2) is 99.3 Å². The number of hydrogen-bond acceptors (Lipinski definition) is 9. The van der Waals surface area contributed by atoms with E-state index in [9.17, 15) is 27.9 Å². The summed E-state index contributed by atoms with van der Waals surface area (Å²) in [4.78, 5) is 64.7. The lowest BCUT2D eigenvalue weighted by atomic mass is 9.76. The van der Waals surface area contributed by atoms with E-state index < -0.39 is 67.3 Å². The smallest absolute Gasteiger partial charge is 0.408 e. The van der Waals surface area contributed by atoms with Crippen LogP contribution in [0.2, 0.25) is 0 Å². The van der Waals surface area contributed by atoms with Gasteiger partial charge in [-0.25, -0.2) is 18.2 Å². The maximum Gasteiger partial charge on any atom is 0.408 e. The lowest BCUT2D eigenvalue weighted by Gasteiger charge is -2.50. The number of nitrogens with one attached hydrogen (secondary N) is 2. The van der Waals surface area contributed by atoms with E-state index in [2.05, 4.69) is 10.0 Å². The number of benzene rings is 1. The number of methoxy groups -OCH3 is 1. The molecule has 8 rings (SSSR count). The standard InChI is InChI=1S/C41H55N5O9S/c1-25-33-28(29-21-27(54-4)13-14-30(29)42-25)15-18-40(55-33)23-32-34(47)43-41(36(49)44-56(52,53)39(3)19-20-39)22-26(41)11-8-6-5-7-9-12-31(35(48)45(32)24-40)46(37(50)51)38(2)16-10-17-38/h13-14,21,26,31-32H,5-12,15-20,22-24H2,1-4H3,(H,43,47)(H,44,49)(H,50,51)/t26-,31-,32-,40+,41+/m0/s1. The van der Waals surface area contributed by atoms with Crippen LogP contribution in [0.15, 0.2) is 18.2 Å². The van der Waals surface area contributed by atoms with Gasteiger partial charge in [-0.05, 0) is 109 Å². The van der Waals surface area contributed by atoms with Crippen molar-refractivity contribution in [3.63, 3.8) is 0 Å². The van der Waals surface area contributed by atoms with Crippen molar-refractivity contribution in [1.82, 2.24) is 24.8 Å². The molecule has 6 aliphatic rings. The molecule has 56 heavy (non-hydrogen) atoms. The summed E-state index contributed by atoms with van der Waals surface area (Å²) in [5.74, 6) is -0.738. The lowest BCUT2D eigenvalue weighted by Crippen LogP contribution is -2.63. The zero-order valence-electron chi connectivity index (χ0n) is 32.9. The van der Waals surface area contributed by atoms with Gasteiger partial charge in [0.25, 0.3) is 5.91 Å². The average molecular weight is 794 g/mol. The van der Waals surface area contributed by atoms with Crippen molar-refractivity contribution in [2.75, 3.05) is 13.7 Å². The van der Waals surface area contributed by atoms with Gasteiger partial charge >= 0.3 is 6.09 Å². The van der Waals surface area contributed by atoms with Crippen LogP contribution in [0.5, 0.6) is 11.5 Å². The normalized spacial score (nSPS) is 30.9. The summed E-state index contributed by atoms with van der Waals surface area (Å²) in [6.45, 7) is 5.42. The molecule has 304 valence electrons. The second-order valence-electron chi connectivity index (χ2n) is 18.0. The number of aromatic nitrogens is 1. The third-order valence-electron chi connectivity index (χ3n) is 14.1. The number of amides is 4. The molecule has 1 spiro atoms. The number of ether oxygens (including phenoxy) is 2. The molecule has 14 nitrogen and oxygen atoms in total. The molecule has 15 heteroatoms. The molecule has 3 saturated carbocycles. The van der Waals surface area contributed by atoms with Crippen molar-refractivity contribution in [1.29, 1.82) is 0 Å². The summed E-state index contributed by atoms with van der Waals surface area (Å²) in [6.07, 6.45) is 8.27. The van der Waals surface area contributed by atoms with Crippen LogP contribution in [0.25, 0.3) is 10.9 Å².